The molecule has 0 saturated heterocycles. The molecule has 0 aliphatic heterocycles. The molecule has 0 atom stereocenters. The number of aromatic nitrogens is 1. The number of hydrogen-bond acceptors (Lipinski definition) is 6. The number of benzene rings is 2. The Labute approximate surface area is 225 Å². The summed E-state index contributed by atoms with van der Waals surface area (Å²) in [5, 5.41) is 0.648. The molecule has 1 amide bonds. The van der Waals surface area contributed by atoms with E-state index in [4.69, 9.17) is 4.98 Å². The first-order chi connectivity index (χ1) is 16.6. The van der Waals surface area contributed by atoms with Gasteiger partial charge in [-0.15, -0.1) is 12.4 Å². The van der Waals surface area contributed by atoms with Crippen LogP contribution in [0.5, 0.6) is 0 Å². The van der Waals surface area contributed by atoms with Gasteiger partial charge in [0.15, 0.2) is 5.13 Å². The van der Waals surface area contributed by atoms with Crippen molar-refractivity contribution >= 4 is 55.0 Å². The largest absolute Gasteiger partial charge is 0.308 e. The van der Waals surface area contributed by atoms with Gasteiger partial charge >= 0.3 is 0 Å². The number of nitrogens with zero attached hydrogens (tertiary/aromatic N) is 4. The SMILES string of the molecule is CCCN(CCC)S(=O)(=O)c1ccc(C(=O)N(CCN(C)C)c2nc3c(C)cc(C)cc3s2)cc1.Cl. The number of thiazole rings is 1. The van der Waals surface area contributed by atoms with Crippen molar-refractivity contribution < 1.29 is 13.2 Å². The monoisotopic (exact) mass is 552 g/mol. The molecule has 3 aromatic rings. The van der Waals surface area contributed by atoms with Gasteiger partial charge in [0.25, 0.3) is 5.91 Å². The zero-order valence-electron chi connectivity index (χ0n) is 21.9. The number of carbonyl (C=O) groups is 1. The molecule has 198 valence electrons. The van der Waals surface area contributed by atoms with Gasteiger partial charge < -0.3 is 4.90 Å². The summed E-state index contributed by atoms with van der Waals surface area (Å²) in [7, 11) is 0.333. The van der Waals surface area contributed by atoms with Crippen LogP contribution in [-0.4, -0.2) is 68.8 Å². The summed E-state index contributed by atoms with van der Waals surface area (Å²) in [6.07, 6.45) is 1.50. The van der Waals surface area contributed by atoms with E-state index in [9.17, 15) is 13.2 Å². The third kappa shape index (κ3) is 6.83. The zero-order valence-corrected chi connectivity index (χ0v) is 24.4. The van der Waals surface area contributed by atoms with Crippen LogP contribution in [0.2, 0.25) is 0 Å². The van der Waals surface area contributed by atoms with Crippen LogP contribution in [0.4, 0.5) is 5.13 Å². The van der Waals surface area contributed by atoms with E-state index in [-0.39, 0.29) is 23.2 Å². The van der Waals surface area contributed by atoms with E-state index in [1.165, 1.54) is 27.8 Å². The lowest BCUT2D eigenvalue weighted by molar-refractivity contribution is 0.0985. The second-order valence-corrected chi connectivity index (χ2v) is 12.1. The summed E-state index contributed by atoms with van der Waals surface area (Å²) in [4.78, 5) is 22.3. The number of carbonyl (C=O) groups excluding carboxylic acids is 1. The number of hydrogen-bond donors (Lipinski definition) is 0. The molecule has 36 heavy (non-hydrogen) atoms. The van der Waals surface area contributed by atoms with Crippen molar-refractivity contribution in [3.8, 4) is 0 Å². The summed E-state index contributed by atoms with van der Waals surface area (Å²) in [5.74, 6) is -0.191. The molecule has 1 heterocycles. The Bertz CT molecular complexity index is 1270. The third-order valence-corrected chi connectivity index (χ3v) is 8.69. The Morgan fingerprint density at radius 3 is 2.11 bits per heavy atom. The predicted molar refractivity (Wildman–Crippen MR) is 152 cm³/mol. The summed E-state index contributed by atoms with van der Waals surface area (Å²) < 4.78 is 28.8. The zero-order chi connectivity index (χ0) is 25.8. The van der Waals surface area contributed by atoms with Crippen LogP contribution in [0.25, 0.3) is 10.2 Å². The van der Waals surface area contributed by atoms with E-state index in [0.29, 0.717) is 36.9 Å². The summed E-state index contributed by atoms with van der Waals surface area (Å²) in [6, 6.07) is 10.5. The van der Waals surface area contributed by atoms with Gasteiger partial charge in [0.1, 0.15) is 0 Å². The molecule has 2 aromatic carbocycles. The Morgan fingerprint density at radius 1 is 0.944 bits per heavy atom. The minimum absolute atomic E-state index is 0. The fourth-order valence-corrected chi connectivity index (χ4v) is 6.77. The third-order valence-electron chi connectivity index (χ3n) is 5.75. The van der Waals surface area contributed by atoms with Crippen molar-refractivity contribution in [3.05, 3.63) is 53.1 Å². The van der Waals surface area contributed by atoms with E-state index in [2.05, 4.69) is 19.1 Å². The fourth-order valence-electron chi connectivity index (χ4n) is 3.98. The normalized spacial score (nSPS) is 11.8. The molecular formula is C26H37ClN4O3S2. The summed E-state index contributed by atoms with van der Waals surface area (Å²) in [5.41, 5.74) is 3.59. The van der Waals surface area contributed by atoms with Crippen molar-refractivity contribution in [1.82, 2.24) is 14.2 Å². The molecule has 0 radical (unpaired) electrons. The molecule has 7 nitrogen and oxygen atoms in total. The lowest BCUT2D eigenvalue weighted by Crippen LogP contribution is -2.36. The van der Waals surface area contributed by atoms with Gasteiger partial charge in [0, 0.05) is 31.7 Å². The highest BCUT2D eigenvalue weighted by atomic mass is 35.5. The Balaban J connectivity index is 0.00000456. The Hall–Kier alpha value is -2.04. The van der Waals surface area contributed by atoms with Crippen LogP contribution in [0.15, 0.2) is 41.3 Å². The van der Waals surface area contributed by atoms with Crippen molar-refractivity contribution in [2.75, 3.05) is 45.2 Å². The minimum atomic E-state index is -3.60. The number of halogens is 1. The van der Waals surface area contributed by atoms with Gasteiger partial charge in [-0.1, -0.05) is 31.3 Å². The van der Waals surface area contributed by atoms with Gasteiger partial charge in [-0.25, -0.2) is 13.4 Å². The molecule has 0 spiro atoms. The van der Waals surface area contributed by atoms with Gasteiger partial charge in [0.05, 0.1) is 15.1 Å². The number of likely N-dealkylation sites (N-methyl/N-ethyl adjacent to an activating group) is 1. The molecule has 0 fully saturated rings. The van der Waals surface area contributed by atoms with E-state index in [1.807, 2.05) is 39.8 Å². The average molecular weight is 553 g/mol. The molecule has 10 heteroatoms. The minimum Gasteiger partial charge on any atom is -0.308 e. The highest BCUT2D eigenvalue weighted by Crippen LogP contribution is 2.32. The quantitative estimate of drug-likeness (QED) is 0.320. The van der Waals surface area contributed by atoms with E-state index >= 15 is 0 Å². The van der Waals surface area contributed by atoms with E-state index in [1.54, 1.807) is 17.0 Å². The fraction of sp³-hybridized carbons (Fsp3) is 0.462. The van der Waals surface area contributed by atoms with Crippen molar-refractivity contribution in [3.63, 3.8) is 0 Å². The lowest BCUT2D eigenvalue weighted by Gasteiger charge is -2.23. The van der Waals surface area contributed by atoms with Gasteiger partial charge in [-0.05, 0) is 82.2 Å². The average Bonchev–Trinajstić information content (AvgIpc) is 3.23. The molecule has 0 aliphatic rings. The first-order valence-corrected chi connectivity index (χ1v) is 14.3. The summed E-state index contributed by atoms with van der Waals surface area (Å²) in [6.45, 7) is 10.1. The van der Waals surface area contributed by atoms with Crippen LogP contribution in [0.3, 0.4) is 0 Å². The van der Waals surface area contributed by atoms with Crippen LogP contribution in [0, 0.1) is 13.8 Å². The molecule has 0 unspecified atom stereocenters. The second kappa shape index (κ2) is 13.0. The topological polar surface area (TPSA) is 73.8 Å². The van der Waals surface area contributed by atoms with Crippen molar-refractivity contribution in [1.29, 1.82) is 0 Å². The molecule has 0 aliphatic carbocycles. The molecule has 0 saturated carbocycles. The Morgan fingerprint density at radius 2 is 1.56 bits per heavy atom. The molecular weight excluding hydrogens is 516 g/mol. The number of anilines is 1. The number of sulfonamides is 1. The number of amides is 1. The molecule has 0 N–H and O–H groups in total. The van der Waals surface area contributed by atoms with E-state index < -0.39 is 10.0 Å². The first-order valence-electron chi connectivity index (χ1n) is 12.0. The van der Waals surface area contributed by atoms with Crippen LogP contribution >= 0.6 is 23.7 Å². The lowest BCUT2D eigenvalue weighted by atomic mass is 10.1. The standard InChI is InChI=1S/C26H36N4O3S2.ClH/c1-7-13-29(14-8-2)35(32,33)22-11-9-21(10-12-22)25(31)30(16-15-28(5)6)26-27-24-20(4)17-19(3)18-23(24)34-26;/h9-12,17-18H,7-8,13-16H2,1-6H3;1H. The molecule has 3 rings (SSSR count). The smallest absolute Gasteiger partial charge is 0.260 e. The number of aryl methyl sites for hydroxylation is 2. The maximum atomic E-state index is 13.6. The maximum Gasteiger partial charge on any atom is 0.260 e. The van der Waals surface area contributed by atoms with Gasteiger partial charge in [-0.2, -0.15) is 4.31 Å². The second-order valence-electron chi connectivity index (χ2n) is 9.11. The van der Waals surface area contributed by atoms with Crippen LogP contribution < -0.4 is 4.90 Å². The number of fused-ring (bicyclic) bond motifs is 1. The maximum absolute atomic E-state index is 13.6. The predicted octanol–water partition coefficient (Wildman–Crippen LogP) is 5.35. The highest BCUT2D eigenvalue weighted by molar-refractivity contribution is 7.89. The summed E-state index contributed by atoms with van der Waals surface area (Å²) >= 11 is 1.50. The number of rotatable bonds is 11. The van der Waals surface area contributed by atoms with E-state index in [0.717, 1.165) is 34.2 Å². The first kappa shape index (κ1) is 30.2. The van der Waals surface area contributed by atoms with Crippen molar-refractivity contribution in [2.45, 2.75) is 45.4 Å². The van der Waals surface area contributed by atoms with Crippen molar-refractivity contribution in [2.24, 2.45) is 0 Å². The van der Waals surface area contributed by atoms with Crippen LogP contribution in [-0.2, 0) is 10.0 Å². The van der Waals surface area contributed by atoms with Crippen LogP contribution in [0.1, 0.15) is 48.2 Å². The van der Waals surface area contributed by atoms with Gasteiger partial charge in [-0.3, -0.25) is 9.69 Å². The molecule has 1 aromatic heterocycles. The highest BCUT2D eigenvalue weighted by Gasteiger charge is 2.25. The Kier molecular flexibility index (Phi) is 10.9. The van der Waals surface area contributed by atoms with Gasteiger partial charge in [0.2, 0.25) is 10.0 Å². The molecule has 0 bridgehead atoms.